The summed E-state index contributed by atoms with van der Waals surface area (Å²) < 4.78 is 4.60. The van der Waals surface area contributed by atoms with Gasteiger partial charge in [0.25, 0.3) is 0 Å². The first kappa shape index (κ1) is 11.4. The van der Waals surface area contributed by atoms with Crippen molar-refractivity contribution in [3.8, 4) is 0 Å². The van der Waals surface area contributed by atoms with Gasteiger partial charge in [0.2, 0.25) is 0 Å². The zero-order chi connectivity index (χ0) is 11.3. The molecule has 0 aliphatic carbocycles. The number of esters is 1. The fraction of sp³-hybridized carbons (Fsp3) is 0.364. The van der Waals surface area contributed by atoms with Crippen LogP contribution in [0.3, 0.4) is 0 Å². The fourth-order valence-corrected chi connectivity index (χ4v) is 1.24. The molecule has 0 radical (unpaired) electrons. The Balaban J connectivity index is 2.83. The quantitative estimate of drug-likeness (QED) is 0.585. The SMILES string of the molecule is CCCNc1ccc(C(=O)OC)c(N)c1. The van der Waals surface area contributed by atoms with Crippen LogP contribution in [0.5, 0.6) is 0 Å². The number of ether oxygens (including phenoxy) is 1. The molecular formula is C11H16N2O2. The number of benzene rings is 1. The molecule has 0 unspecified atom stereocenters. The Morgan fingerprint density at radius 2 is 2.27 bits per heavy atom. The Hall–Kier alpha value is -1.71. The molecule has 1 aromatic rings. The topological polar surface area (TPSA) is 64.3 Å². The highest BCUT2D eigenvalue weighted by Crippen LogP contribution is 2.18. The first-order valence-corrected chi connectivity index (χ1v) is 4.90. The number of nitrogens with one attached hydrogen (secondary N) is 1. The summed E-state index contributed by atoms with van der Waals surface area (Å²) in [4.78, 5) is 11.2. The zero-order valence-electron chi connectivity index (χ0n) is 9.04. The van der Waals surface area contributed by atoms with E-state index in [2.05, 4.69) is 17.0 Å². The summed E-state index contributed by atoms with van der Waals surface area (Å²) in [6.45, 7) is 2.97. The molecule has 0 heterocycles. The zero-order valence-corrected chi connectivity index (χ0v) is 9.04. The summed E-state index contributed by atoms with van der Waals surface area (Å²) in [6.07, 6.45) is 1.04. The smallest absolute Gasteiger partial charge is 0.339 e. The number of nitrogen functional groups attached to an aromatic ring is 1. The van der Waals surface area contributed by atoms with Crippen LogP contribution in [-0.4, -0.2) is 19.6 Å². The van der Waals surface area contributed by atoms with Gasteiger partial charge in [-0.3, -0.25) is 0 Å². The average molecular weight is 208 g/mol. The number of hydrogen-bond donors (Lipinski definition) is 2. The molecule has 0 fully saturated rings. The lowest BCUT2D eigenvalue weighted by atomic mass is 10.1. The third kappa shape index (κ3) is 2.87. The molecule has 0 aromatic heterocycles. The van der Waals surface area contributed by atoms with Crippen molar-refractivity contribution in [2.45, 2.75) is 13.3 Å². The first-order chi connectivity index (χ1) is 7.19. The molecule has 0 amide bonds. The maximum Gasteiger partial charge on any atom is 0.339 e. The fourth-order valence-electron chi connectivity index (χ4n) is 1.24. The van der Waals surface area contributed by atoms with Crippen molar-refractivity contribution in [1.82, 2.24) is 0 Å². The van der Waals surface area contributed by atoms with Gasteiger partial charge in [0.15, 0.2) is 0 Å². The molecule has 82 valence electrons. The van der Waals surface area contributed by atoms with Crippen molar-refractivity contribution in [1.29, 1.82) is 0 Å². The summed E-state index contributed by atoms with van der Waals surface area (Å²) >= 11 is 0. The van der Waals surface area contributed by atoms with Crippen LogP contribution in [0.4, 0.5) is 11.4 Å². The van der Waals surface area contributed by atoms with Gasteiger partial charge in [0.05, 0.1) is 12.7 Å². The van der Waals surface area contributed by atoms with Gasteiger partial charge in [-0.2, -0.15) is 0 Å². The van der Waals surface area contributed by atoms with E-state index < -0.39 is 5.97 Å². The van der Waals surface area contributed by atoms with Crippen LogP contribution in [0.25, 0.3) is 0 Å². The van der Waals surface area contributed by atoms with Gasteiger partial charge >= 0.3 is 5.97 Å². The highest BCUT2D eigenvalue weighted by molar-refractivity contribution is 5.95. The summed E-state index contributed by atoms with van der Waals surface area (Å²) in [7, 11) is 1.34. The molecule has 4 nitrogen and oxygen atoms in total. The van der Waals surface area contributed by atoms with E-state index in [0.717, 1.165) is 18.7 Å². The molecule has 4 heteroatoms. The molecule has 0 bridgehead atoms. The van der Waals surface area contributed by atoms with Crippen molar-refractivity contribution >= 4 is 17.3 Å². The maximum absolute atomic E-state index is 11.2. The molecule has 3 N–H and O–H groups in total. The van der Waals surface area contributed by atoms with Crippen LogP contribution in [0.15, 0.2) is 18.2 Å². The van der Waals surface area contributed by atoms with E-state index in [1.54, 1.807) is 12.1 Å². The van der Waals surface area contributed by atoms with E-state index in [4.69, 9.17) is 5.73 Å². The Kier molecular flexibility index (Phi) is 3.97. The van der Waals surface area contributed by atoms with Gasteiger partial charge in [-0.25, -0.2) is 4.79 Å². The second-order valence-electron chi connectivity index (χ2n) is 3.22. The number of carbonyl (C=O) groups excluding carboxylic acids is 1. The molecule has 1 rings (SSSR count). The van der Waals surface area contributed by atoms with Crippen LogP contribution in [0.1, 0.15) is 23.7 Å². The van der Waals surface area contributed by atoms with E-state index in [1.807, 2.05) is 6.07 Å². The first-order valence-electron chi connectivity index (χ1n) is 4.90. The average Bonchev–Trinajstić information content (AvgIpc) is 2.25. The lowest BCUT2D eigenvalue weighted by Crippen LogP contribution is -2.07. The summed E-state index contributed by atoms with van der Waals surface area (Å²) in [5.74, 6) is -0.408. The third-order valence-corrected chi connectivity index (χ3v) is 2.04. The van der Waals surface area contributed by atoms with Gasteiger partial charge < -0.3 is 15.8 Å². The highest BCUT2D eigenvalue weighted by Gasteiger charge is 2.09. The Bertz CT molecular complexity index is 350. The molecule has 0 atom stereocenters. The van der Waals surface area contributed by atoms with Crippen molar-refractivity contribution < 1.29 is 9.53 Å². The normalized spacial score (nSPS) is 9.73. The number of anilines is 2. The minimum Gasteiger partial charge on any atom is -0.465 e. The standard InChI is InChI=1S/C11H16N2O2/c1-3-6-13-8-4-5-9(10(12)7-8)11(14)15-2/h4-5,7,13H,3,6,12H2,1-2H3. The van der Waals surface area contributed by atoms with Gasteiger partial charge in [-0.15, -0.1) is 0 Å². The highest BCUT2D eigenvalue weighted by atomic mass is 16.5. The monoisotopic (exact) mass is 208 g/mol. The van der Waals surface area contributed by atoms with Crippen molar-refractivity contribution in [3.05, 3.63) is 23.8 Å². The number of hydrogen-bond acceptors (Lipinski definition) is 4. The number of methoxy groups -OCH3 is 1. The van der Waals surface area contributed by atoms with E-state index >= 15 is 0 Å². The lowest BCUT2D eigenvalue weighted by Gasteiger charge is -2.08. The Morgan fingerprint density at radius 1 is 1.53 bits per heavy atom. The van der Waals surface area contributed by atoms with Crippen LogP contribution in [0.2, 0.25) is 0 Å². The summed E-state index contributed by atoms with van der Waals surface area (Å²) in [6, 6.07) is 5.22. The third-order valence-electron chi connectivity index (χ3n) is 2.04. The van der Waals surface area contributed by atoms with E-state index in [-0.39, 0.29) is 0 Å². The largest absolute Gasteiger partial charge is 0.465 e. The van der Waals surface area contributed by atoms with Gasteiger partial charge in [0.1, 0.15) is 0 Å². The molecule has 0 aliphatic heterocycles. The minimum absolute atomic E-state index is 0.402. The minimum atomic E-state index is -0.408. The van der Waals surface area contributed by atoms with Gasteiger partial charge in [-0.05, 0) is 24.6 Å². The number of rotatable bonds is 4. The van der Waals surface area contributed by atoms with Crippen molar-refractivity contribution in [2.24, 2.45) is 0 Å². The number of carbonyl (C=O) groups is 1. The second kappa shape index (κ2) is 5.24. The van der Waals surface area contributed by atoms with Crippen LogP contribution < -0.4 is 11.1 Å². The molecule has 0 saturated heterocycles. The Labute approximate surface area is 89.4 Å². The predicted molar refractivity (Wildman–Crippen MR) is 61.0 cm³/mol. The maximum atomic E-state index is 11.2. The van der Waals surface area contributed by atoms with Crippen molar-refractivity contribution in [3.63, 3.8) is 0 Å². The van der Waals surface area contributed by atoms with Crippen LogP contribution >= 0.6 is 0 Å². The van der Waals surface area contributed by atoms with E-state index in [0.29, 0.717) is 11.3 Å². The Morgan fingerprint density at radius 3 is 2.80 bits per heavy atom. The van der Waals surface area contributed by atoms with E-state index in [9.17, 15) is 4.79 Å². The van der Waals surface area contributed by atoms with Crippen LogP contribution in [0, 0.1) is 0 Å². The molecule has 0 spiro atoms. The van der Waals surface area contributed by atoms with Crippen LogP contribution in [-0.2, 0) is 4.74 Å². The molecule has 0 aliphatic rings. The predicted octanol–water partition coefficient (Wildman–Crippen LogP) is 1.88. The lowest BCUT2D eigenvalue weighted by molar-refractivity contribution is 0.0602. The van der Waals surface area contributed by atoms with Gasteiger partial charge in [0, 0.05) is 17.9 Å². The summed E-state index contributed by atoms with van der Waals surface area (Å²) in [5, 5.41) is 3.19. The molecule has 1 aromatic carbocycles. The second-order valence-corrected chi connectivity index (χ2v) is 3.22. The molecule has 0 saturated carbocycles. The van der Waals surface area contributed by atoms with Gasteiger partial charge in [-0.1, -0.05) is 6.92 Å². The number of nitrogens with two attached hydrogens (primary N) is 1. The summed E-state index contributed by atoms with van der Waals surface area (Å²) in [5.41, 5.74) is 7.48. The van der Waals surface area contributed by atoms with Crippen molar-refractivity contribution in [2.75, 3.05) is 24.7 Å². The molecule has 15 heavy (non-hydrogen) atoms. The van der Waals surface area contributed by atoms with E-state index in [1.165, 1.54) is 7.11 Å². The molecular weight excluding hydrogens is 192 g/mol.